The Hall–Kier alpha value is -0.570. The number of nitrogens with one attached hydrogen (secondary N) is 1. The number of carbonyl (C=O) groups is 1. The van der Waals surface area contributed by atoms with E-state index < -0.39 is 0 Å². The Balaban J connectivity index is 1.80. The third kappa shape index (κ3) is 3.97. The molecule has 0 aromatic rings. The van der Waals surface area contributed by atoms with Crippen LogP contribution >= 0.6 is 0 Å². The first-order valence-electron chi connectivity index (χ1n) is 8.82. The number of hydrogen-bond donors (Lipinski definition) is 1. The minimum atomic E-state index is 0.0861. The summed E-state index contributed by atoms with van der Waals surface area (Å²) < 4.78 is 0. The summed E-state index contributed by atoms with van der Waals surface area (Å²) in [7, 11) is 0. The average Bonchev–Trinajstić information content (AvgIpc) is 3.03. The van der Waals surface area contributed by atoms with Crippen molar-refractivity contribution >= 4 is 5.91 Å². The average molecular weight is 280 g/mol. The van der Waals surface area contributed by atoms with Gasteiger partial charge in [0.25, 0.3) is 0 Å². The van der Waals surface area contributed by atoms with Crippen molar-refractivity contribution in [1.82, 2.24) is 10.2 Å². The van der Waals surface area contributed by atoms with E-state index >= 15 is 0 Å². The van der Waals surface area contributed by atoms with Gasteiger partial charge in [-0.3, -0.25) is 10.1 Å². The van der Waals surface area contributed by atoms with Gasteiger partial charge in [-0.25, -0.2) is 0 Å². The van der Waals surface area contributed by atoms with Crippen LogP contribution in [0.2, 0.25) is 0 Å². The molecule has 1 saturated carbocycles. The van der Waals surface area contributed by atoms with Crippen LogP contribution in [0, 0.1) is 5.92 Å². The number of carbonyl (C=O) groups excluding carboxylic acids is 1. The molecule has 3 nitrogen and oxygen atoms in total. The molecule has 1 aliphatic heterocycles. The van der Waals surface area contributed by atoms with Gasteiger partial charge in [0.2, 0.25) is 5.91 Å². The molecule has 2 fully saturated rings. The first-order chi connectivity index (χ1) is 9.76. The van der Waals surface area contributed by atoms with Gasteiger partial charge in [0.15, 0.2) is 0 Å². The molecule has 1 amide bonds. The van der Waals surface area contributed by atoms with Gasteiger partial charge >= 0.3 is 0 Å². The zero-order valence-electron chi connectivity index (χ0n) is 13.4. The molecule has 1 heterocycles. The van der Waals surface area contributed by atoms with Crippen LogP contribution < -0.4 is 5.32 Å². The first kappa shape index (κ1) is 15.8. The normalized spacial score (nSPS) is 27.7. The van der Waals surface area contributed by atoms with Crippen LogP contribution in [-0.2, 0) is 4.79 Å². The summed E-state index contributed by atoms with van der Waals surface area (Å²) in [5, 5.41) is 3.55. The molecule has 2 aliphatic rings. The standard InChI is InChI=1S/C17H32N2O/c1-3-8-15-17(20)19(16(18-15)9-4-2)13-7-12-14-10-5-6-11-14/h14-16,18H,3-13H2,1-2H3. The maximum Gasteiger partial charge on any atom is 0.241 e. The molecule has 0 spiro atoms. The highest BCUT2D eigenvalue weighted by Gasteiger charge is 2.37. The van der Waals surface area contributed by atoms with E-state index in [2.05, 4.69) is 24.1 Å². The zero-order chi connectivity index (χ0) is 14.4. The maximum absolute atomic E-state index is 12.5. The van der Waals surface area contributed by atoms with Crippen molar-refractivity contribution in [3.8, 4) is 0 Å². The predicted octanol–water partition coefficient (Wildman–Crippen LogP) is 3.68. The van der Waals surface area contributed by atoms with E-state index in [1.165, 1.54) is 38.5 Å². The summed E-state index contributed by atoms with van der Waals surface area (Å²) in [6.07, 6.45) is 12.8. The number of amides is 1. The highest BCUT2D eigenvalue weighted by Crippen LogP contribution is 2.29. The van der Waals surface area contributed by atoms with E-state index in [1.807, 2.05) is 0 Å². The van der Waals surface area contributed by atoms with Crippen LogP contribution in [0.25, 0.3) is 0 Å². The lowest BCUT2D eigenvalue weighted by Gasteiger charge is -2.24. The lowest BCUT2D eigenvalue weighted by atomic mass is 10.0. The van der Waals surface area contributed by atoms with E-state index in [9.17, 15) is 4.79 Å². The Morgan fingerprint density at radius 3 is 2.45 bits per heavy atom. The Morgan fingerprint density at radius 1 is 1.10 bits per heavy atom. The van der Waals surface area contributed by atoms with Crippen LogP contribution in [0.5, 0.6) is 0 Å². The van der Waals surface area contributed by atoms with Gasteiger partial charge in [-0.2, -0.15) is 0 Å². The largest absolute Gasteiger partial charge is 0.326 e. The van der Waals surface area contributed by atoms with Crippen LogP contribution in [0.3, 0.4) is 0 Å². The molecular formula is C17H32N2O. The Morgan fingerprint density at radius 2 is 1.80 bits per heavy atom. The summed E-state index contributed by atoms with van der Waals surface area (Å²) in [5.41, 5.74) is 0. The molecule has 2 unspecified atom stereocenters. The molecule has 2 rings (SSSR count). The molecule has 1 saturated heterocycles. The van der Waals surface area contributed by atoms with Gasteiger partial charge in [0.05, 0.1) is 12.2 Å². The second-order valence-electron chi connectivity index (χ2n) is 6.64. The topological polar surface area (TPSA) is 32.3 Å². The van der Waals surface area contributed by atoms with Crippen molar-refractivity contribution in [2.75, 3.05) is 6.54 Å². The summed E-state index contributed by atoms with van der Waals surface area (Å²) in [5.74, 6) is 1.30. The fourth-order valence-corrected chi connectivity index (χ4v) is 3.87. The molecule has 0 aromatic carbocycles. The lowest BCUT2D eigenvalue weighted by Crippen LogP contribution is -2.38. The van der Waals surface area contributed by atoms with Crippen LogP contribution in [0.4, 0.5) is 0 Å². The molecule has 2 atom stereocenters. The molecule has 1 N–H and O–H groups in total. The van der Waals surface area contributed by atoms with Gasteiger partial charge in [-0.15, -0.1) is 0 Å². The lowest BCUT2D eigenvalue weighted by molar-refractivity contribution is -0.130. The SMILES string of the molecule is CCCC1NC(CCC)N(CCCC2CCCC2)C1=O. The Bertz CT molecular complexity index is 299. The predicted molar refractivity (Wildman–Crippen MR) is 83.4 cm³/mol. The highest BCUT2D eigenvalue weighted by molar-refractivity contribution is 5.84. The summed E-state index contributed by atoms with van der Waals surface area (Å²) in [4.78, 5) is 14.6. The van der Waals surface area contributed by atoms with E-state index in [0.29, 0.717) is 12.1 Å². The smallest absolute Gasteiger partial charge is 0.241 e. The van der Waals surface area contributed by atoms with Gasteiger partial charge in [-0.1, -0.05) is 52.4 Å². The van der Waals surface area contributed by atoms with Crippen molar-refractivity contribution in [2.24, 2.45) is 5.92 Å². The Labute approximate surface area is 124 Å². The van der Waals surface area contributed by atoms with Gasteiger partial charge in [0, 0.05) is 6.54 Å². The number of nitrogens with zero attached hydrogens (tertiary/aromatic N) is 1. The van der Waals surface area contributed by atoms with E-state index in [1.54, 1.807) is 0 Å². The number of hydrogen-bond acceptors (Lipinski definition) is 2. The third-order valence-corrected chi connectivity index (χ3v) is 4.98. The van der Waals surface area contributed by atoms with Crippen molar-refractivity contribution < 1.29 is 4.79 Å². The Kier molecular flexibility index (Phi) is 6.34. The zero-order valence-corrected chi connectivity index (χ0v) is 13.4. The number of rotatable bonds is 8. The van der Waals surface area contributed by atoms with Crippen molar-refractivity contribution in [3.05, 3.63) is 0 Å². The van der Waals surface area contributed by atoms with Crippen molar-refractivity contribution in [2.45, 2.75) is 90.3 Å². The van der Waals surface area contributed by atoms with E-state index in [-0.39, 0.29) is 6.04 Å². The van der Waals surface area contributed by atoms with E-state index in [4.69, 9.17) is 0 Å². The van der Waals surface area contributed by atoms with Crippen LogP contribution in [0.1, 0.15) is 78.1 Å². The minimum absolute atomic E-state index is 0.0861. The fraction of sp³-hybridized carbons (Fsp3) is 0.941. The molecule has 0 radical (unpaired) electrons. The maximum atomic E-state index is 12.5. The molecule has 20 heavy (non-hydrogen) atoms. The van der Waals surface area contributed by atoms with Crippen LogP contribution in [0.15, 0.2) is 0 Å². The molecule has 0 aromatic heterocycles. The van der Waals surface area contributed by atoms with Crippen molar-refractivity contribution in [1.29, 1.82) is 0 Å². The van der Waals surface area contributed by atoms with Crippen molar-refractivity contribution in [3.63, 3.8) is 0 Å². The molecule has 1 aliphatic carbocycles. The summed E-state index contributed by atoms with van der Waals surface area (Å²) >= 11 is 0. The summed E-state index contributed by atoms with van der Waals surface area (Å²) in [6, 6.07) is 0.0861. The molecular weight excluding hydrogens is 248 g/mol. The van der Waals surface area contributed by atoms with Gasteiger partial charge in [0.1, 0.15) is 0 Å². The second-order valence-corrected chi connectivity index (χ2v) is 6.64. The third-order valence-electron chi connectivity index (χ3n) is 4.98. The van der Waals surface area contributed by atoms with Gasteiger partial charge < -0.3 is 4.90 Å². The first-order valence-corrected chi connectivity index (χ1v) is 8.82. The van der Waals surface area contributed by atoms with Gasteiger partial charge in [-0.05, 0) is 31.6 Å². The van der Waals surface area contributed by atoms with E-state index in [0.717, 1.165) is 38.1 Å². The monoisotopic (exact) mass is 280 g/mol. The second kappa shape index (κ2) is 8.02. The van der Waals surface area contributed by atoms with Crippen LogP contribution in [-0.4, -0.2) is 29.6 Å². The summed E-state index contributed by atoms with van der Waals surface area (Å²) in [6.45, 7) is 5.33. The molecule has 3 heteroatoms. The highest BCUT2D eigenvalue weighted by atomic mass is 16.2. The minimum Gasteiger partial charge on any atom is -0.326 e. The molecule has 0 bridgehead atoms. The quantitative estimate of drug-likeness (QED) is 0.735. The fourth-order valence-electron chi connectivity index (χ4n) is 3.87. The molecule has 116 valence electrons.